The molecule has 0 N–H and O–H groups in total. The lowest BCUT2D eigenvalue weighted by Crippen LogP contribution is -2.27. The van der Waals surface area contributed by atoms with E-state index in [0.717, 1.165) is 12.1 Å². The molecule has 3 aromatic rings. The second kappa shape index (κ2) is 5.47. The number of esters is 1. The molecule has 0 saturated carbocycles. The predicted octanol–water partition coefficient (Wildman–Crippen LogP) is 3.65. The van der Waals surface area contributed by atoms with Crippen LogP contribution < -0.4 is 10.4 Å². The molecule has 4 rings (SSSR count). The zero-order valence-electron chi connectivity index (χ0n) is 12.5. The topological polar surface area (TPSA) is 56.5 Å². The van der Waals surface area contributed by atoms with Gasteiger partial charge in [0.15, 0.2) is 23.2 Å². The number of benzene rings is 2. The van der Waals surface area contributed by atoms with Gasteiger partial charge in [0.2, 0.25) is 0 Å². The van der Waals surface area contributed by atoms with Crippen LogP contribution in [0.4, 0.5) is 13.2 Å². The number of halogens is 3. The normalized spacial score (nSPS) is 16.6. The van der Waals surface area contributed by atoms with Crippen LogP contribution in [0.25, 0.3) is 11.0 Å². The lowest BCUT2D eigenvalue weighted by molar-refractivity contribution is -0.135. The van der Waals surface area contributed by atoms with Crippen LogP contribution in [0.3, 0.4) is 0 Å². The van der Waals surface area contributed by atoms with E-state index in [2.05, 4.69) is 0 Å². The van der Waals surface area contributed by atoms with Crippen LogP contribution in [0.5, 0.6) is 5.75 Å². The fourth-order valence-corrected chi connectivity index (χ4v) is 3.03. The van der Waals surface area contributed by atoms with Gasteiger partial charge in [-0.1, -0.05) is 12.1 Å². The Bertz CT molecular complexity index is 1060. The number of para-hydroxylation sites is 1. The molecular weight excluding hydrogens is 337 g/mol. The molecule has 2 heterocycles. The van der Waals surface area contributed by atoms with Gasteiger partial charge >= 0.3 is 11.6 Å². The van der Waals surface area contributed by atoms with Crippen molar-refractivity contribution in [1.82, 2.24) is 0 Å². The molecule has 126 valence electrons. The Labute approximate surface area is 138 Å². The largest absolute Gasteiger partial charge is 0.425 e. The number of carbonyl (C=O) groups excluding carboxylic acids is 1. The number of hydrogen-bond donors (Lipinski definition) is 0. The zero-order valence-corrected chi connectivity index (χ0v) is 12.5. The number of carbonyl (C=O) groups is 1. The molecule has 1 aliphatic heterocycles. The summed E-state index contributed by atoms with van der Waals surface area (Å²) >= 11 is 0. The van der Waals surface area contributed by atoms with Crippen LogP contribution in [-0.2, 0) is 4.79 Å². The van der Waals surface area contributed by atoms with E-state index in [1.54, 1.807) is 18.2 Å². The van der Waals surface area contributed by atoms with Crippen molar-refractivity contribution in [3.63, 3.8) is 0 Å². The molecule has 0 amide bonds. The molecule has 1 aromatic heterocycles. The van der Waals surface area contributed by atoms with E-state index in [1.165, 1.54) is 6.07 Å². The fourth-order valence-electron chi connectivity index (χ4n) is 3.03. The highest BCUT2D eigenvalue weighted by Gasteiger charge is 2.34. The van der Waals surface area contributed by atoms with E-state index in [0.29, 0.717) is 5.39 Å². The summed E-state index contributed by atoms with van der Waals surface area (Å²) in [5.41, 5.74) is -0.631. The average Bonchev–Trinajstić information content (AvgIpc) is 2.58. The Balaban J connectivity index is 2.01. The first-order valence-electron chi connectivity index (χ1n) is 7.36. The summed E-state index contributed by atoms with van der Waals surface area (Å²) in [6, 6.07) is 7.96. The van der Waals surface area contributed by atoms with Gasteiger partial charge in [0.05, 0.1) is 17.4 Å². The third kappa shape index (κ3) is 2.39. The van der Waals surface area contributed by atoms with Crippen molar-refractivity contribution in [2.24, 2.45) is 0 Å². The first kappa shape index (κ1) is 15.4. The van der Waals surface area contributed by atoms with E-state index < -0.39 is 35.0 Å². The summed E-state index contributed by atoms with van der Waals surface area (Å²) in [4.78, 5) is 24.4. The van der Waals surface area contributed by atoms with Gasteiger partial charge in [-0.2, -0.15) is 0 Å². The maximum atomic E-state index is 13.6. The summed E-state index contributed by atoms with van der Waals surface area (Å²) in [5.74, 6) is -6.09. The third-order valence-electron chi connectivity index (χ3n) is 4.14. The number of ether oxygens (including phenoxy) is 1. The molecule has 0 spiro atoms. The fraction of sp³-hybridized carbons (Fsp3) is 0.111. The third-order valence-corrected chi connectivity index (χ3v) is 4.14. The second-order valence-corrected chi connectivity index (χ2v) is 5.66. The Hall–Kier alpha value is -3.09. The minimum atomic E-state index is -1.62. The molecule has 2 aromatic carbocycles. The van der Waals surface area contributed by atoms with Gasteiger partial charge in [-0.15, -0.1) is 0 Å². The van der Waals surface area contributed by atoms with E-state index in [-0.39, 0.29) is 28.9 Å². The van der Waals surface area contributed by atoms with Gasteiger partial charge in [0, 0.05) is 5.92 Å². The highest BCUT2D eigenvalue weighted by molar-refractivity contribution is 5.90. The van der Waals surface area contributed by atoms with Gasteiger partial charge in [-0.05, 0) is 29.8 Å². The van der Waals surface area contributed by atoms with Crippen molar-refractivity contribution >= 4 is 16.9 Å². The molecule has 1 aliphatic rings. The molecule has 0 fully saturated rings. The summed E-state index contributed by atoms with van der Waals surface area (Å²) in [7, 11) is 0. The van der Waals surface area contributed by atoms with Crippen molar-refractivity contribution in [2.45, 2.75) is 12.3 Å². The molecule has 7 heteroatoms. The van der Waals surface area contributed by atoms with Crippen molar-refractivity contribution in [3.05, 3.63) is 75.4 Å². The summed E-state index contributed by atoms with van der Waals surface area (Å²) in [6.07, 6.45) is -0.319. The minimum absolute atomic E-state index is 0.00163. The summed E-state index contributed by atoms with van der Waals surface area (Å²) in [5, 5.41) is 0.387. The van der Waals surface area contributed by atoms with E-state index in [4.69, 9.17) is 9.15 Å². The monoisotopic (exact) mass is 346 g/mol. The summed E-state index contributed by atoms with van der Waals surface area (Å²) in [6.45, 7) is 0. The first-order chi connectivity index (χ1) is 12.0. The number of hydrogen-bond acceptors (Lipinski definition) is 4. The minimum Gasteiger partial charge on any atom is -0.425 e. The second-order valence-electron chi connectivity index (χ2n) is 5.66. The SMILES string of the molecule is O=C1C[C@H](c2cc(F)c(F)c(F)c2)c2c(c3ccccc3oc2=O)O1. The zero-order chi connectivity index (χ0) is 17.7. The number of rotatable bonds is 1. The molecule has 1 atom stereocenters. The van der Waals surface area contributed by atoms with E-state index >= 15 is 0 Å². The summed E-state index contributed by atoms with van der Waals surface area (Å²) < 4.78 is 50.8. The van der Waals surface area contributed by atoms with Gasteiger partial charge in [-0.3, -0.25) is 4.79 Å². The highest BCUT2D eigenvalue weighted by Crippen LogP contribution is 2.41. The quantitative estimate of drug-likeness (QED) is 0.383. The van der Waals surface area contributed by atoms with Crippen LogP contribution in [0, 0.1) is 17.5 Å². The maximum absolute atomic E-state index is 13.6. The van der Waals surface area contributed by atoms with Crippen molar-refractivity contribution in [1.29, 1.82) is 0 Å². The van der Waals surface area contributed by atoms with Gasteiger partial charge in [-0.25, -0.2) is 18.0 Å². The van der Waals surface area contributed by atoms with Crippen LogP contribution in [0.1, 0.15) is 23.5 Å². The Morgan fingerprint density at radius 2 is 1.68 bits per heavy atom. The van der Waals surface area contributed by atoms with Crippen LogP contribution in [-0.4, -0.2) is 5.97 Å². The van der Waals surface area contributed by atoms with Crippen LogP contribution >= 0.6 is 0 Å². The molecular formula is C18H9F3O4. The Kier molecular flexibility index (Phi) is 3.38. The van der Waals surface area contributed by atoms with Crippen LogP contribution in [0.2, 0.25) is 0 Å². The van der Waals surface area contributed by atoms with Gasteiger partial charge < -0.3 is 9.15 Å². The molecule has 0 radical (unpaired) electrons. The van der Waals surface area contributed by atoms with Crippen LogP contribution in [0.15, 0.2) is 45.6 Å². The maximum Gasteiger partial charge on any atom is 0.343 e. The Morgan fingerprint density at radius 1 is 1.00 bits per heavy atom. The lowest BCUT2D eigenvalue weighted by Gasteiger charge is -2.24. The number of fused-ring (bicyclic) bond motifs is 3. The van der Waals surface area contributed by atoms with Gasteiger partial charge in [0.1, 0.15) is 5.58 Å². The van der Waals surface area contributed by atoms with Crippen molar-refractivity contribution < 1.29 is 27.1 Å². The Morgan fingerprint density at radius 3 is 2.40 bits per heavy atom. The lowest BCUT2D eigenvalue weighted by atomic mass is 9.86. The van der Waals surface area contributed by atoms with E-state index in [1.807, 2.05) is 0 Å². The standard InChI is InChI=1S/C18H9F3O4/c19-11-5-8(6-12(20)16(11)21)10-7-14(22)25-17-9-3-1-2-4-13(9)24-18(23)15(10)17/h1-6,10H,7H2/t10-/m1/s1. The van der Waals surface area contributed by atoms with Gasteiger partial charge in [0.25, 0.3) is 0 Å². The average molecular weight is 346 g/mol. The first-order valence-corrected chi connectivity index (χ1v) is 7.36. The van der Waals surface area contributed by atoms with Crippen molar-refractivity contribution in [2.75, 3.05) is 0 Å². The molecule has 0 aliphatic carbocycles. The highest BCUT2D eigenvalue weighted by atomic mass is 19.2. The van der Waals surface area contributed by atoms with E-state index in [9.17, 15) is 22.8 Å². The molecule has 0 bridgehead atoms. The molecule has 25 heavy (non-hydrogen) atoms. The van der Waals surface area contributed by atoms with Crippen molar-refractivity contribution in [3.8, 4) is 5.75 Å². The molecule has 0 unspecified atom stereocenters. The smallest absolute Gasteiger partial charge is 0.343 e. The predicted molar refractivity (Wildman–Crippen MR) is 80.9 cm³/mol. The molecule has 4 nitrogen and oxygen atoms in total. The molecule has 0 saturated heterocycles.